The normalized spacial score (nSPS) is 10.6. The third-order valence-corrected chi connectivity index (χ3v) is 4.65. The van der Waals surface area contributed by atoms with Crippen molar-refractivity contribution >= 4 is 23.2 Å². The van der Waals surface area contributed by atoms with Crippen molar-refractivity contribution < 1.29 is 9.59 Å². The molecule has 0 bridgehead atoms. The van der Waals surface area contributed by atoms with Gasteiger partial charge in [-0.15, -0.1) is 0 Å². The quantitative estimate of drug-likeness (QED) is 0.583. The Morgan fingerprint density at radius 2 is 1.72 bits per heavy atom. The van der Waals surface area contributed by atoms with Gasteiger partial charge in [-0.2, -0.15) is 0 Å². The number of nitrogens with one attached hydrogen (secondary N) is 1. The van der Waals surface area contributed by atoms with Crippen LogP contribution in [0.5, 0.6) is 0 Å². The summed E-state index contributed by atoms with van der Waals surface area (Å²) in [5.74, 6) is 0.465. The fourth-order valence-electron chi connectivity index (χ4n) is 3.04. The molecule has 0 aliphatic heterocycles. The summed E-state index contributed by atoms with van der Waals surface area (Å²) in [5, 5.41) is 2.86. The third-order valence-electron chi connectivity index (χ3n) is 4.65. The number of nitrogens with zero attached hydrogens (tertiary/aromatic N) is 2. The molecule has 0 saturated heterocycles. The smallest absolute Gasteiger partial charge is 0.255 e. The van der Waals surface area contributed by atoms with Gasteiger partial charge in [0.2, 0.25) is 0 Å². The fraction of sp³-hybridized carbons (Fsp3) is 0.208. The van der Waals surface area contributed by atoms with Crippen LogP contribution in [0.1, 0.15) is 47.1 Å². The zero-order chi connectivity index (χ0) is 20.8. The van der Waals surface area contributed by atoms with Crippen LogP contribution in [0.25, 0.3) is 0 Å². The fourth-order valence-corrected chi connectivity index (χ4v) is 3.04. The van der Waals surface area contributed by atoms with E-state index in [2.05, 4.69) is 41.2 Å². The van der Waals surface area contributed by atoms with E-state index >= 15 is 0 Å². The lowest BCUT2D eigenvalue weighted by Gasteiger charge is -2.28. The van der Waals surface area contributed by atoms with Crippen molar-refractivity contribution in [3.63, 3.8) is 0 Å². The van der Waals surface area contributed by atoms with Crippen molar-refractivity contribution in [3.05, 3.63) is 89.6 Å². The van der Waals surface area contributed by atoms with E-state index in [-0.39, 0.29) is 17.7 Å². The maximum Gasteiger partial charge on any atom is 0.255 e. The molecule has 29 heavy (non-hydrogen) atoms. The van der Waals surface area contributed by atoms with E-state index in [9.17, 15) is 9.59 Å². The number of carbonyl (C=O) groups is 2. The first-order chi connectivity index (χ1) is 13.9. The molecule has 0 atom stereocenters. The summed E-state index contributed by atoms with van der Waals surface area (Å²) in [6.45, 7) is 6.41. The molecular formula is C24H25N3O2. The third kappa shape index (κ3) is 5.29. The van der Waals surface area contributed by atoms with Crippen molar-refractivity contribution in [1.29, 1.82) is 0 Å². The van der Waals surface area contributed by atoms with E-state index in [0.717, 1.165) is 5.82 Å². The van der Waals surface area contributed by atoms with Crippen molar-refractivity contribution in [3.8, 4) is 0 Å². The summed E-state index contributed by atoms with van der Waals surface area (Å²) in [6, 6.07) is 20.8. The minimum Gasteiger partial charge on any atom is -0.350 e. The van der Waals surface area contributed by atoms with Gasteiger partial charge in [-0.3, -0.25) is 9.59 Å². The number of rotatable bonds is 7. The first-order valence-electron chi connectivity index (χ1n) is 9.63. The van der Waals surface area contributed by atoms with Gasteiger partial charge in [-0.05, 0) is 50.6 Å². The lowest BCUT2D eigenvalue weighted by atomic mass is 10.1. The topological polar surface area (TPSA) is 62.3 Å². The number of ketones is 1. The molecule has 5 heteroatoms. The van der Waals surface area contributed by atoms with Crippen molar-refractivity contribution in [2.24, 2.45) is 0 Å². The highest BCUT2D eigenvalue weighted by Crippen LogP contribution is 2.20. The van der Waals surface area contributed by atoms with Gasteiger partial charge in [0.15, 0.2) is 5.78 Å². The maximum atomic E-state index is 12.8. The van der Waals surface area contributed by atoms with Gasteiger partial charge in [0, 0.05) is 35.6 Å². The van der Waals surface area contributed by atoms with Crippen LogP contribution in [0, 0.1) is 0 Å². The number of benzene rings is 2. The van der Waals surface area contributed by atoms with Crippen LogP contribution in [-0.2, 0) is 6.54 Å². The minimum absolute atomic E-state index is 0.0409. The second-order valence-electron chi connectivity index (χ2n) is 7.20. The molecule has 1 N–H and O–H groups in total. The summed E-state index contributed by atoms with van der Waals surface area (Å²) in [4.78, 5) is 31.0. The first kappa shape index (κ1) is 20.3. The number of amides is 1. The van der Waals surface area contributed by atoms with E-state index in [4.69, 9.17) is 0 Å². The van der Waals surface area contributed by atoms with E-state index < -0.39 is 0 Å². The van der Waals surface area contributed by atoms with E-state index in [1.54, 1.807) is 42.6 Å². The monoisotopic (exact) mass is 387 g/mol. The summed E-state index contributed by atoms with van der Waals surface area (Å²) in [7, 11) is 0. The summed E-state index contributed by atoms with van der Waals surface area (Å²) >= 11 is 0. The Labute approximate surface area is 171 Å². The molecular weight excluding hydrogens is 362 g/mol. The molecule has 0 radical (unpaired) electrons. The van der Waals surface area contributed by atoms with Crippen LogP contribution in [-0.4, -0.2) is 22.7 Å². The standard InChI is InChI=1S/C24H25N3O2/c1-17(2)27(16-19-8-5-4-6-9-19)23-15-21(12-13-25-23)24(29)26-22-11-7-10-20(14-22)18(3)28/h4-15,17H,16H2,1-3H3,(H,26,29). The van der Waals surface area contributed by atoms with Gasteiger partial charge >= 0.3 is 0 Å². The Balaban J connectivity index is 1.81. The Morgan fingerprint density at radius 3 is 2.41 bits per heavy atom. The highest BCUT2D eigenvalue weighted by atomic mass is 16.1. The molecule has 0 aliphatic rings. The number of Topliss-reactive ketones (excluding diaryl/α,β-unsaturated/α-hetero) is 1. The van der Waals surface area contributed by atoms with Gasteiger partial charge in [0.1, 0.15) is 5.82 Å². The van der Waals surface area contributed by atoms with Gasteiger partial charge in [0.05, 0.1) is 0 Å². The predicted molar refractivity (Wildman–Crippen MR) is 116 cm³/mol. The van der Waals surface area contributed by atoms with Gasteiger partial charge < -0.3 is 10.2 Å². The molecule has 0 fully saturated rings. The SMILES string of the molecule is CC(=O)c1cccc(NC(=O)c2ccnc(N(Cc3ccccc3)C(C)C)c2)c1. The molecule has 1 amide bonds. The average Bonchev–Trinajstić information content (AvgIpc) is 2.73. The van der Waals surface area contributed by atoms with Crippen LogP contribution >= 0.6 is 0 Å². The number of aromatic nitrogens is 1. The molecule has 0 spiro atoms. The highest BCUT2D eigenvalue weighted by Gasteiger charge is 2.15. The van der Waals surface area contributed by atoms with Crippen LogP contribution in [0.4, 0.5) is 11.5 Å². The van der Waals surface area contributed by atoms with Gasteiger partial charge in [-0.1, -0.05) is 42.5 Å². The molecule has 5 nitrogen and oxygen atoms in total. The van der Waals surface area contributed by atoms with Gasteiger partial charge in [0.25, 0.3) is 5.91 Å². The van der Waals surface area contributed by atoms with Crippen LogP contribution in [0.2, 0.25) is 0 Å². The predicted octanol–water partition coefficient (Wildman–Crippen LogP) is 4.95. The van der Waals surface area contributed by atoms with E-state index in [1.165, 1.54) is 12.5 Å². The Bertz CT molecular complexity index is 1000. The Hall–Kier alpha value is -3.47. The lowest BCUT2D eigenvalue weighted by Crippen LogP contribution is -2.31. The molecule has 2 aromatic carbocycles. The van der Waals surface area contributed by atoms with Crippen LogP contribution in [0.15, 0.2) is 72.9 Å². The average molecular weight is 387 g/mol. The maximum absolute atomic E-state index is 12.8. The summed E-state index contributed by atoms with van der Waals surface area (Å²) in [5.41, 5.74) is 2.85. The Kier molecular flexibility index (Phi) is 6.39. The van der Waals surface area contributed by atoms with E-state index in [1.807, 2.05) is 18.2 Å². The highest BCUT2D eigenvalue weighted by molar-refractivity contribution is 6.05. The molecule has 0 saturated carbocycles. The zero-order valence-electron chi connectivity index (χ0n) is 16.9. The minimum atomic E-state index is -0.238. The number of hydrogen-bond acceptors (Lipinski definition) is 4. The van der Waals surface area contributed by atoms with E-state index in [0.29, 0.717) is 23.4 Å². The second-order valence-corrected chi connectivity index (χ2v) is 7.20. The molecule has 3 aromatic rings. The zero-order valence-corrected chi connectivity index (χ0v) is 16.9. The first-order valence-corrected chi connectivity index (χ1v) is 9.63. The van der Waals surface area contributed by atoms with Crippen LogP contribution < -0.4 is 10.2 Å². The second kappa shape index (κ2) is 9.15. The molecule has 0 aliphatic carbocycles. The molecule has 0 unspecified atom stereocenters. The number of pyridine rings is 1. The number of hydrogen-bond donors (Lipinski definition) is 1. The number of anilines is 2. The summed E-state index contributed by atoms with van der Waals surface area (Å²) in [6.07, 6.45) is 1.65. The van der Waals surface area contributed by atoms with Crippen molar-refractivity contribution in [1.82, 2.24) is 4.98 Å². The van der Waals surface area contributed by atoms with Gasteiger partial charge in [-0.25, -0.2) is 4.98 Å². The van der Waals surface area contributed by atoms with Crippen molar-refractivity contribution in [2.45, 2.75) is 33.4 Å². The molecule has 1 aromatic heterocycles. The molecule has 1 heterocycles. The Morgan fingerprint density at radius 1 is 0.966 bits per heavy atom. The lowest BCUT2D eigenvalue weighted by molar-refractivity contribution is 0.101. The van der Waals surface area contributed by atoms with Crippen molar-refractivity contribution in [2.75, 3.05) is 10.2 Å². The van der Waals surface area contributed by atoms with Crippen LogP contribution in [0.3, 0.4) is 0 Å². The molecule has 3 rings (SSSR count). The number of carbonyl (C=O) groups excluding carboxylic acids is 2. The molecule has 148 valence electrons. The largest absolute Gasteiger partial charge is 0.350 e. The summed E-state index contributed by atoms with van der Waals surface area (Å²) < 4.78 is 0.